The summed E-state index contributed by atoms with van der Waals surface area (Å²) in [5, 5.41) is 6.97. The van der Waals surface area contributed by atoms with E-state index in [2.05, 4.69) is 25.4 Å². The lowest BCUT2D eigenvalue weighted by Gasteiger charge is -1.99. The third kappa shape index (κ3) is 2.41. The highest BCUT2D eigenvalue weighted by Gasteiger charge is 2.03. The number of H-pyrrole nitrogens is 1. The van der Waals surface area contributed by atoms with Crippen molar-refractivity contribution in [2.24, 2.45) is 0 Å². The van der Waals surface area contributed by atoms with Crippen molar-refractivity contribution in [3.63, 3.8) is 0 Å². The molecule has 0 bridgehead atoms. The number of aromatic amines is 1. The zero-order chi connectivity index (χ0) is 10.7. The van der Waals surface area contributed by atoms with Crippen molar-refractivity contribution in [1.29, 1.82) is 0 Å². The van der Waals surface area contributed by atoms with E-state index in [0.717, 1.165) is 11.4 Å². The lowest BCUT2D eigenvalue weighted by atomic mass is 10.3. The molecule has 0 spiro atoms. The standard InChI is InChI=1S/C9H13N5O/c1-6-8(12-5-11-6)3-10-4-9-13-7(2)15-14-9/h5,10H,3-4H2,1-2H3,(H,11,12). The molecule has 0 atom stereocenters. The molecule has 0 aliphatic carbocycles. The molecule has 2 aromatic heterocycles. The van der Waals surface area contributed by atoms with Crippen LogP contribution in [0.15, 0.2) is 10.9 Å². The van der Waals surface area contributed by atoms with Crippen molar-refractivity contribution in [2.45, 2.75) is 26.9 Å². The number of hydrogen-bond donors (Lipinski definition) is 2. The van der Waals surface area contributed by atoms with Gasteiger partial charge < -0.3 is 14.8 Å². The van der Waals surface area contributed by atoms with Crippen molar-refractivity contribution in [3.05, 3.63) is 29.4 Å². The first-order valence-corrected chi connectivity index (χ1v) is 4.74. The maximum absolute atomic E-state index is 4.85. The van der Waals surface area contributed by atoms with E-state index in [1.165, 1.54) is 0 Å². The maximum atomic E-state index is 4.85. The highest BCUT2D eigenvalue weighted by molar-refractivity contribution is 5.08. The van der Waals surface area contributed by atoms with E-state index < -0.39 is 0 Å². The number of nitrogens with one attached hydrogen (secondary N) is 2. The van der Waals surface area contributed by atoms with Crippen molar-refractivity contribution in [2.75, 3.05) is 0 Å². The molecule has 6 nitrogen and oxygen atoms in total. The van der Waals surface area contributed by atoms with Gasteiger partial charge in [-0.2, -0.15) is 4.98 Å². The number of rotatable bonds is 4. The van der Waals surface area contributed by atoms with Gasteiger partial charge in [0.2, 0.25) is 5.89 Å². The minimum atomic E-state index is 0.586. The summed E-state index contributed by atoms with van der Waals surface area (Å²) in [7, 11) is 0. The largest absolute Gasteiger partial charge is 0.348 e. The smallest absolute Gasteiger partial charge is 0.223 e. The van der Waals surface area contributed by atoms with Crippen LogP contribution in [0.2, 0.25) is 0 Å². The molecule has 80 valence electrons. The number of hydrogen-bond acceptors (Lipinski definition) is 5. The van der Waals surface area contributed by atoms with E-state index in [1.807, 2.05) is 6.92 Å². The molecule has 0 aliphatic heterocycles. The first-order chi connectivity index (χ1) is 7.25. The fourth-order valence-electron chi connectivity index (χ4n) is 1.27. The Bertz CT molecular complexity index is 433. The van der Waals surface area contributed by atoms with Gasteiger partial charge in [0.05, 0.1) is 18.6 Å². The number of nitrogens with zero attached hydrogens (tertiary/aromatic N) is 3. The Hall–Kier alpha value is -1.69. The molecule has 2 heterocycles. The quantitative estimate of drug-likeness (QED) is 0.771. The lowest BCUT2D eigenvalue weighted by Crippen LogP contribution is -2.14. The minimum absolute atomic E-state index is 0.586. The van der Waals surface area contributed by atoms with Gasteiger partial charge in [0.25, 0.3) is 0 Å². The molecule has 6 heteroatoms. The minimum Gasteiger partial charge on any atom is -0.348 e. The molecular weight excluding hydrogens is 194 g/mol. The summed E-state index contributed by atoms with van der Waals surface area (Å²) in [6.45, 7) is 5.05. The third-order valence-corrected chi connectivity index (χ3v) is 2.08. The molecule has 0 radical (unpaired) electrons. The molecule has 15 heavy (non-hydrogen) atoms. The summed E-state index contributed by atoms with van der Waals surface area (Å²) < 4.78 is 4.85. The number of aryl methyl sites for hydroxylation is 2. The Morgan fingerprint density at radius 3 is 2.87 bits per heavy atom. The molecule has 0 aromatic carbocycles. The summed E-state index contributed by atoms with van der Waals surface area (Å²) in [6.07, 6.45) is 1.69. The predicted octanol–water partition coefficient (Wildman–Crippen LogP) is 0.699. The summed E-state index contributed by atoms with van der Waals surface area (Å²) in [4.78, 5) is 11.3. The van der Waals surface area contributed by atoms with Gasteiger partial charge in [-0.25, -0.2) is 4.98 Å². The summed E-state index contributed by atoms with van der Waals surface area (Å²) in [5.74, 6) is 1.25. The van der Waals surface area contributed by atoms with Crippen molar-refractivity contribution >= 4 is 0 Å². The normalized spacial score (nSPS) is 10.8. The highest BCUT2D eigenvalue weighted by Crippen LogP contribution is 2.00. The van der Waals surface area contributed by atoms with Gasteiger partial charge in [0.15, 0.2) is 5.82 Å². The number of aromatic nitrogens is 4. The van der Waals surface area contributed by atoms with Gasteiger partial charge in [0, 0.05) is 19.2 Å². The first-order valence-electron chi connectivity index (χ1n) is 4.74. The van der Waals surface area contributed by atoms with Crippen LogP contribution < -0.4 is 5.32 Å². The van der Waals surface area contributed by atoms with Crippen LogP contribution in [0.4, 0.5) is 0 Å². The van der Waals surface area contributed by atoms with E-state index in [0.29, 0.717) is 24.8 Å². The van der Waals surface area contributed by atoms with E-state index >= 15 is 0 Å². The van der Waals surface area contributed by atoms with Crippen molar-refractivity contribution in [3.8, 4) is 0 Å². The Morgan fingerprint density at radius 2 is 2.27 bits per heavy atom. The molecular formula is C9H13N5O. The van der Waals surface area contributed by atoms with Gasteiger partial charge in [-0.1, -0.05) is 5.16 Å². The Balaban J connectivity index is 1.83. The molecule has 0 fully saturated rings. The average Bonchev–Trinajstić information content (AvgIpc) is 2.77. The Kier molecular flexibility index (Phi) is 2.77. The second kappa shape index (κ2) is 4.22. The Morgan fingerprint density at radius 1 is 1.40 bits per heavy atom. The van der Waals surface area contributed by atoms with Crippen LogP contribution in [0.3, 0.4) is 0 Å². The Labute approximate surface area is 87.1 Å². The molecule has 0 saturated heterocycles. The lowest BCUT2D eigenvalue weighted by molar-refractivity contribution is 0.385. The summed E-state index contributed by atoms with van der Waals surface area (Å²) in [6, 6.07) is 0. The first kappa shape index (κ1) is 9.85. The molecule has 2 N–H and O–H groups in total. The van der Waals surface area contributed by atoms with Crippen LogP contribution >= 0.6 is 0 Å². The highest BCUT2D eigenvalue weighted by atomic mass is 16.5. The second-order valence-electron chi connectivity index (χ2n) is 3.31. The van der Waals surface area contributed by atoms with Gasteiger partial charge in [-0.05, 0) is 6.92 Å². The van der Waals surface area contributed by atoms with Gasteiger partial charge in [-0.15, -0.1) is 0 Å². The van der Waals surface area contributed by atoms with E-state index in [9.17, 15) is 0 Å². The van der Waals surface area contributed by atoms with Gasteiger partial charge in [0.1, 0.15) is 0 Å². The maximum Gasteiger partial charge on any atom is 0.223 e. The molecule has 0 unspecified atom stereocenters. The van der Waals surface area contributed by atoms with Crippen LogP contribution in [0.1, 0.15) is 23.1 Å². The van der Waals surface area contributed by atoms with Crippen LogP contribution in [-0.2, 0) is 13.1 Å². The van der Waals surface area contributed by atoms with Crippen LogP contribution in [0, 0.1) is 13.8 Å². The summed E-state index contributed by atoms with van der Waals surface area (Å²) >= 11 is 0. The summed E-state index contributed by atoms with van der Waals surface area (Å²) in [5.41, 5.74) is 2.09. The molecule has 0 saturated carbocycles. The average molecular weight is 207 g/mol. The zero-order valence-corrected chi connectivity index (χ0v) is 8.74. The fourth-order valence-corrected chi connectivity index (χ4v) is 1.27. The topological polar surface area (TPSA) is 79.6 Å². The molecule has 2 aromatic rings. The van der Waals surface area contributed by atoms with Gasteiger partial charge in [-0.3, -0.25) is 0 Å². The number of imidazole rings is 1. The SMILES string of the molecule is Cc1nc(CNCc2nc[nH]c2C)no1. The zero-order valence-electron chi connectivity index (χ0n) is 8.74. The van der Waals surface area contributed by atoms with Crippen LogP contribution in [-0.4, -0.2) is 20.1 Å². The second-order valence-corrected chi connectivity index (χ2v) is 3.31. The third-order valence-electron chi connectivity index (χ3n) is 2.08. The molecule has 2 rings (SSSR count). The monoisotopic (exact) mass is 207 g/mol. The van der Waals surface area contributed by atoms with E-state index in [4.69, 9.17) is 4.52 Å². The van der Waals surface area contributed by atoms with Crippen molar-refractivity contribution < 1.29 is 4.52 Å². The van der Waals surface area contributed by atoms with Crippen LogP contribution in [0.5, 0.6) is 0 Å². The predicted molar refractivity (Wildman–Crippen MR) is 52.9 cm³/mol. The van der Waals surface area contributed by atoms with Crippen LogP contribution in [0.25, 0.3) is 0 Å². The van der Waals surface area contributed by atoms with E-state index in [-0.39, 0.29) is 0 Å². The fraction of sp³-hybridized carbons (Fsp3) is 0.444. The van der Waals surface area contributed by atoms with E-state index in [1.54, 1.807) is 13.3 Å². The molecule has 0 aliphatic rings. The van der Waals surface area contributed by atoms with Gasteiger partial charge >= 0.3 is 0 Å². The molecule has 0 amide bonds. The van der Waals surface area contributed by atoms with Crippen molar-refractivity contribution in [1.82, 2.24) is 25.4 Å².